The lowest BCUT2D eigenvalue weighted by Crippen LogP contribution is -2.42. The smallest absolute Gasteiger partial charge is 0.236 e. The van der Waals surface area contributed by atoms with Crippen molar-refractivity contribution in [1.29, 1.82) is 0 Å². The van der Waals surface area contributed by atoms with Gasteiger partial charge in [-0.15, -0.1) is 0 Å². The number of likely N-dealkylation sites (N-methyl/N-ethyl adjacent to an activating group) is 1. The molecule has 0 aromatic rings. The van der Waals surface area contributed by atoms with Crippen LogP contribution in [0.3, 0.4) is 0 Å². The van der Waals surface area contributed by atoms with Gasteiger partial charge in [0.2, 0.25) is 5.91 Å². The number of aliphatic hydroxyl groups excluding tert-OH is 1. The summed E-state index contributed by atoms with van der Waals surface area (Å²) >= 11 is 0. The second-order valence-electron chi connectivity index (χ2n) is 5.90. The minimum Gasteiger partial charge on any atom is -0.393 e. The maximum absolute atomic E-state index is 12.3. The topological polar surface area (TPSA) is 47.0 Å². The van der Waals surface area contributed by atoms with Crippen LogP contribution in [0.25, 0.3) is 0 Å². The molecule has 5 nitrogen and oxygen atoms in total. The molecule has 0 saturated carbocycles. The summed E-state index contributed by atoms with van der Waals surface area (Å²) in [5.41, 5.74) is 0. The van der Waals surface area contributed by atoms with Gasteiger partial charge in [0.15, 0.2) is 0 Å². The third kappa shape index (κ3) is 4.75. The Bertz CT molecular complexity index is 298. The first-order chi connectivity index (χ1) is 9.15. The molecule has 2 heterocycles. The van der Waals surface area contributed by atoms with Crippen molar-refractivity contribution in [3.8, 4) is 0 Å². The van der Waals surface area contributed by atoms with Gasteiger partial charge in [-0.05, 0) is 45.8 Å². The number of hydrogen-bond acceptors (Lipinski definition) is 4. The number of nitrogens with zero attached hydrogens (tertiary/aromatic N) is 3. The molecule has 2 fully saturated rings. The summed E-state index contributed by atoms with van der Waals surface area (Å²) in [6.45, 7) is 6.25. The third-order valence-corrected chi connectivity index (χ3v) is 4.22. The van der Waals surface area contributed by atoms with Crippen LogP contribution < -0.4 is 0 Å². The summed E-state index contributed by atoms with van der Waals surface area (Å²) < 4.78 is 0. The largest absolute Gasteiger partial charge is 0.393 e. The van der Waals surface area contributed by atoms with Gasteiger partial charge in [-0.25, -0.2) is 0 Å². The molecule has 1 N–H and O–H groups in total. The van der Waals surface area contributed by atoms with Crippen LogP contribution >= 0.6 is 0 Å². The summed E-state index contributed by atoms with van der Waals surface area (Å²) in [4.78, 5) is 18.8. The average molecular weight is 269 g/mol. The lowest BCUT2D eigenvalue weighted by molar-refractivity contribution is -0.132. The first-order valence-electron chi connectivity index (χ1n) is 7.52. The van der Waals surface area contributed by atoms with E-state index in [1.165, 1.54) is 0 Å². The molecule has 5 heteroatoms. The highest BCUT2D eigenvalue weighted by Crippen LogP contribution is 2.11. The zero-order valence-electron chi connectivity index (χ0n) is 12.1. The second kappa shape index (κ2) is 7.22. The van der Waals surface area contributed by atoms with Crippen LogP contribution in [0.15, 0.2) is 0 Å². The zero-order chi connectivity index (χ0) is 13.7. The number of aliphatic hydroxyl groups is 1. The second-order valence-corrected chi connectivity index (χ2v) is 5.90. The van der Waals surface area contributed by atoms with E-state index < -0.39 is 0 Å². The number of carbonyl (C=O) groups is 1. The van der Waals surface area contributed by atoms with Crippen molar-refractivity contribution in [2.45, 2.75) is 31.8 Å². The van der Waals surface area contributed by atoms with Gasteiger partial charge in [0, 0.05) is 26.2 Å². The van der Waals surface area contributed by atoms with E-state index in [0.717, 1.165) is 58.4 Å². The standard InChI is InChI=1S/C14H27N3O2/c1-15-6-3-7-16(11-10-15)12-14(19)17-8-2-4-13(18)5-9-17/h13,18H,2-12H2,1H3. The molecule has 1 amide bonds. The molecule has 1 atom stereocenters. The lowest BCUT2D eigenvalue weighted by atomic mass is 10.2. The molecule has 0 radical (unpaired) electrons. The van der Waals surface area contributed by atoms with Crippen LogP contribution in [-0.4, -0.2) is 84.7 Å². The Morgan fingerprint density at radius 2 is 1.89 bits per heavy atom. The summed E-state index contributed by atoms with van der Waals surface area (Å²) in [7, 11) is 2.14. The van der Waals surface area contributed by atoms with Crippen LogP contribution in [0.1, 0.15) is 25.7 Å². The summed E-state index contributed by atoms with van der Waals surface area (Å²) in [6, 6.07) is 0. The Labute approximate surface area is 116 Å². The van der Waals surface area contributed by atoms with E-state index in [4.69, 9.17) is 0 Å². The molecule has 2 rings (SSSR count). The lowest BCUT2D eigenvalue weighted by Gasteiger charge is -2.25. The number of likely N-dealkylation sites (tertiary alicyclic amines) is 1. The van der Waals surface area contributed by atoms with E-state index >= 15 is 0 Å². The fourth-order valence-electron chi connectivity index (χ4n) is 2.88. The molecule has 0 spiro atoms. The van der Waals surface area contributed by atoms with Gasteiger partial charge in [0.05, 0.1) is 12.6 Å². The molecule has 0 aliphatic carbocycles. The van der Waals surface area contributed by atoms with Gasteiger partial charge < -0.3 is 14.9 Å². The maximum atomic E-state index is 12.3. The number of amides is 1. The molecular formula is C14H27N3O2. The predicted octanol–water partition coefficient (Wildman–Crippen LogP) is -0.00270. The van der Waals surface area contributed by atoms with Crippen molar-refractivity contribution >= 4 is 5.91 Å². The van der Waals surface area contributed by atoms with Crippen LogP contribution in [0, 0.1) is 0 Å². The molecule has 0 aromatic carbocycles. The summed E-state index contributed by atoms with van der Waals surface area (Å²) in [5.74, 6) is 0.235. The molecule has 1 unspecified atom stereocenters. The van der Waals surface area contributed by atoms with E-state index in [1.807, 2.05) is 4.90 Å². The Kier molecular flexibility index (Phi) is 5.60. The third-order valence-electron chi connectivity index (χ3n) is 4.22. The SMILES string of the molecule is CN1CCCN(CC(=O)N2CCCC(O)CC2)CC1. The van der Waals surface area contributed by atoms with Crippen molar-refractivity contribution in [2.24, 2.45) is 0 Å². The highest BCUT2D eigenvalue weighted by Gasteiger charge is 2.22. The average Bonchev–Trinajstić information content (AvgIpc) is 2.71. The molecule has 2 aliphatic heterocycles. The highest BCUT2D eigenvalue weighted by molar-refractivity contribution is 5.78. The summed E-state index contributed by atoms with van der Waals surface area (Å²) in [6.07, 6.45) is 3.41. The highest BCUT2D eigenvalue weighted by atomic mass is 16.3. The Morgan fingerprint density at radius 1 is 1.05 bits per heavy atom. The van der Waals surface area contributed by atoms with Gasteiger partial charge in [0.25, 0.3) is 0 Å². The van der Waals surface area contributed by atoms with E-state index in [-0.39, 0.29) is 12.0 Å². The number of carbonyl (C=O) groups excluding carboxylic acids is 1. The first-order valence-corrected chi connectivity index (χ1v) is 7.52. The van der Waals surface area contributed by atoms with Crippen LogP contribution in [0.2, 0.25) is 0 Å². The normalized spacial score (nSPS) is 27.9. The Hall–Kier alpha value is -0.650. The van der Waals surface area contributed by atoms with Crippen molar-refractivity contribution < 1.29 is 9.90 Å². The molecule has 0 bridgehead atoms. The van der Waals surface area contributed by atoms with E-state index in [2.05, 4.69) is 16.8 Å². The van der Waals surface area contributed by atoms with E-state index in [1.54, 1.807) is 0 Å². The minimum absolute atomic E-state index is 0.218. The first kappa shape index (κ1) is 14.8. The molecule has 2 aliphatic rings. The monoisotopic (exact) mass is 269 g/mol. The molecule has 19 heavy (non-hydrogen) atoms. The van der Waals surface area contributed by atoms with E-state index in [0.29, 0.717) is 13.1 Å². The van der Waals surface area contributed by atoms with Gasteiger partial charge >= 0.3 is 0 Å². The minimum atomic E-state index is -0.218. The fraction of sp³-hybridized carbons (Fsp3) is 0.929. The zero-order valence-corrected chi connectivity index (χ0v) is 12.1. The molecule has 0 aromatic heterocycles. The fourth-order valence-corrected chi connectivity index (χ4v) is 2.88. The number of hydrogen-bond donors (Lipinski definition) is 1. The van der Waals surface area contributed by atoms with Crippen molar-refractivity contribution in [1.82, 2.24) is 14.7 Å². The van der Waals surface area contributed by atoms with Gasteiger partial charge in [-0.2, -0.15) is 0 Å². The Morgan fingerprint density at radius 3 is 2.74 bits per heavy atom. The van der Waals surface area contributed by atoms with Crippen molar-refractivity contribution in [3.05, 3.63) is 0 Å². The van der Waals surface area contributed by atoms with Gasteiger partial charge in [-0.3, -0.25) is 9.69 Å². The maximum Gasteiger partial charge on any atom is 0.236 e. The van der Waals surface area contributed by atoms with Crippen LogP contribution in [0.4, 0.5) is 0 Å². The molecule has 2 saturated heterocycles. The molecular weight excluding hydrogens is 242 g/mol. The predicted molar refractivity (Wildman–Crippen MR) is 75.0 cm³/mol. The number of rotatable bonds is 2. The van der Waals surface area contributed by atoms with E-state index in [9.17, 15) is 9.90 Å². The Balaban J connectivity index is 1.79. The van der Waals surface area contributed by atoms with Crippen molar-refractivity contribution in [2.75, 3.05) is 52.9 Å². The van der Waals surface area contributed by atoms with Crippen LogP contribution in [-0.2, 0) is 4.79 Å². The van der Waals surface area contributed by atoms with Gasteiger partial charge in [0.1, 0.15) is 0 Å². The molecule has 110 valence electrons. The van der Waals surface area contributed by atoms with Gasteiger partial charge in [-0.1, -0.05) is 0 Å². The summed E-state index contributed by atoms with van der Waals surface area (Å²) in [5, 5.41) is 9.62. The van der Waals surface area contributed by atoms with Crippen molar-refractivity contribution in [3.63, 3.8) is 0 Å². The van der Waals surface area contributed by atoms with Crippen LogP contribution in [0.5, 0.6) is 0 Å². The quantitative estimate of drug-likeness (QED) is 0.766.